The van der Waals surface area contributed by atoms with Crippen LogP contribution >= 0.6 is 0 Å². The molecule has 0 saturated carbocycles. The lowest BCUT2D eigenvalue weighted by Gasteiger charge is -2.31. The van der Waals surface area contributed by atoms with Crippen LogP contribution in [0.2, 0.25) is 0 Å². The summed E-state index contributed by atoms with van der Waals surface area (Å²) in [7, 11) is 3.26. The molecular weight excluding hydrogens is 242 g/mol. The Morgan fingerprint density at radius 3 is 2.21 bits per heavy atom. The second-order valence-corrected chi connectivity index (χ2v) is 4.69. The summed E-state index contributed by atoms with van der Waals surface area (Å²) in [5, 5.41) is 13.0. The molecule has 0 aliphatic carbocycles. The summed E-state index contributed by atoms with van der Waals surface area (Å²) in [5.74, 6) is 1.45. The molecule has 0 saturated heterocycles. The van der Waals surface area contributed by atoms with Crippen LogP contribution in [0.4, 0.5) is 0 Å². The molecule has 4 nitrogen and oxygen atoms in total. The van der Waals surface area contributed by atoms with Crippen molar-refractivity contribution in [2.24, 2.45) is 0 Å². The van der Waals surface area contributed by atoms with Crippen molar-refractivity contribution in [1.29, 1.82) is 0 Å². The van der Waals surface area contributed by atoms with Crippen molar-refractivity contribution < 1.29 is 14.6 Å². The maximum atomic E-state index is 9.53. The maximum Gasteiger partial charge on any atom is 0.161 e. The number of ether oxygens (including phenoxy) is 2. The first-order chi connectivity index (χ1) is 9.14. The highest BCUT2D eigenvalue weighted by Crippen LogP contribution is 2.27. The predicted molar refractivity (Wildman–Crippen MR) is 76.8 cm³/mol. The highest BCUT2D eigenvalue weighted by molar-refractivity contribution is 5.42. The molecule has 19 heavy (non-hydrogen) atoms. The van der Waals surface area contributed by atoms with Gasteiger partial charge >= 0.3 is 0 Å². The molecule has 1 aromatic carbocycles. The SMILES string of the molecule is CCC(CC)(CO)NCc1ccc(OC)c(OC)c1. The molecule has 0 radical (unpaired) electrons. The highest BCUT2D eigenvalue weighted by Gasteiger charge is 2.24. The average molecular weight is 267 g/mol. The smallest absolute Gasteiger partial charge is 0.161 e. The minimum Gasteiger partial charge on any atom is -0.493 e. The monoisotopic (exact) mass is 267 g/mol. The molecule has 1 aromatic rings. The van der Waals surface area contributed by atoms with Crippen LogP contribution in [-0.2, 0) is 6.54 Å². The van der Waals surface area contributed by atoms with Crippen molar-refractivity contribution >= 4 is 0 Å². The number of hydrogen-bond acceptors (Lipinski definition) is 4. The number of benzene rings is 1. The lowest BCUT2D eigenvalue weighted by molar-refractivity contribution is 0.149. The summed E-state index contributed by atoms with van der Waals surface area (Å²) in [6, 6.07) is 5.86. The second-order valence-electron chi connectivity index (χ2n) is 4.69. The van der Waals surface area contributed by atoms with E-state index in [9.17, 15) is 5.11 Å². The van der Waals surface area contributed by atoms with Crippen LogP contribution in [0, 0.1) is 0 Å². The molecule has 4 heteroatoms. The Kier molecular flexibility index (Phi) is 6.12. The van der Waals surface area contributed by atoms with E-state index in [0.717, 1.165) is 29.9 Å². The topological polar surface area (TPSA) is 50.7 Å². The van der Waals surface area contributed by atoms with Crippen LogP contribution < -0.4 is 14.8 Å². The van der Waals surface area contributed by atoms with Crippen molar-refractivity contribution in [3.8, 4) is 11.5 Å². The van der Waals surface area contributed by atoms with Gasteiger partial charge in [0.15, 0.2) is 11.5 Å². The number of methoxy groups -OCH3 is 2. The van der Waals surface area contributed by atoms with E-state index in [1.165, 1.54) is 0 Å². The van der Waals surface area contributed by atoms with Crippen LogP contribution in [0.25, 0.3) is 0 Å². The molecule has 108 valence electrons. The zero-order chi connectivity index (χ0) is 14.3. The Morgan fingerprint density at radius 1 is 1.11 bits per heavy atom. The number of rotatable bonds is 8. The van der Waals surface area contributed by atoms with Crippen molar-refractivity contribution in [1.82, 2.24) is 5.32 Å². The molecule has 0 amide bonds. The van der Waals surface area contributed by atoms with Crippen LogP contribution in [0.15, 0.2) is 18.2 Å². The zero-order valence-electron chi connectivity index (χ0n) is 12.3. The Morgan fingerprint density at radius 2 is 1.74 bits per heavy atom. The fraction of sp³-hybridized carbons (Fsp3) is 0.600. The van der Waals surface area contributed by atoms with Gasteiger partial charge in [-0.2, -0.15) is 0 Å². The van der Waals surface area contributed by atoms with Gasteiger partial charge in [0.1, 0.15) is 0 Å². The van der Waals surface area contributed by atoms with Gasteiger partial charge in [0.25, 0.3) is 0 Å². The molecule has 0 fully saturated rings. The van der Waals surface area contributed by atoms with Crippen molar-refractivity contribution in [2.75, 3.05) is 20.8 Å². The third-order valence-corrected chi connectivity index (χ3v) is 3.77. The van der Waals surface area contributed by atoms with Crippen LogP contribution in [0.3, 0.4) is 0 Å². The highest BCUT2D eigenvalue weighted by atomic mass is 16.5. The van der Waals surface area contributed by atoms with E-state index in [-0.39, 0.29) is 12.1 Å². The fourth-order valence-electron chi connectivity index (χ4n) is 2.06. The predicted octanol–water partition coefficient (Wildman–Crippen LogP) is 2.34. The molecule has 2 N–H and O–H groups in total. The summed E-state index contributed by atoms with van der Waals surface area (Å²) in [4.78, 5) is 0. The summed E-state index contributed by atoms with van der Waals surface area (Å²) < 4.78 is 10.5. The third kappa shape index (κ3) is 3.85. The standard InChI is InChI=1S/C15H25NO3/c1-5-15(6-2,11-17)16-10-12-7-8-13(18-3)14(9-12)19-4/h7-9,16-17H,5-6,10-11H2,1-4H3. The van der Waals surface area contributed by atoms with E-state index in [0.29, 0.717) is 6.54 Å². The quantitative estimate of drug-likeness (QED) is 0.759. The van der Waals surface area contributed by atoms with E-state index < -0.39 is 0 Å². The largest absolute Gasteiger partial charge is 0.493 e. The molecule has 0 aliphatic heterocycles. The summed E-state index contributed by atoms with van der Waals surface area (Å²) >= 11 is 0. The lowest BCUT2D eigenvalue weighted by atomic mass is 9.93. The van der Waals surface area contributed by atoms with E-state index in [4.69, 9.17) is 9.47 Å². The van der Waals surface area contributed by atoms with Gasteiger partial charge in [-0.1, -0.05) is 19.9 Å². The van der Waals surface area contributed by atoms with E-state index in [1.54, 1.807) is 14.2 Å². The van der Waals surface area contributed by atoms with Crippen LogP contribution in [0.5, 0.6) is 11.5 Å². The van der Waals surface area contributed by atoms with Gasteiger partial charge in [-0.3, -0.25) is 0 Å². The molecule has 0 unspecified atom stereocenters. The van der Waals surface area contributed by atoms with Gasteiger partial charge in [0, 0.05) is 12.1 Å². The Bertz CT molecular complexity index is 381. The number of aliphatic hydroxyl groups is 1. The first-order valence-corrected chi connectivity index (χ1v) is 6.71. The Hall–Kier alpha value is -1.26. The molecular formula is C15H25NO3. The van der Waals surface area contributed by atoms with E-state index in [1.807, 2.05) is 18.2 Å². The average Bonchev–Trinajstić information content (AvgIpc) is 2.49. The first kappa shape index (κ1) is 15.8. The van der Waals surface area contributed by atoms with Crippen molar-refractivity contribution in [2.45, 2.75) is 38.8 Å². The summed E-state index contributed by atoms with van der Waals surface area (Å²) in [6.07, 6.45) is 1.79. The van der Waals surface area contributed by atoms with E-state index >= 15 is 0 Å². The van der Waals surface area contributed by atoms with Gasteiger partial charge in [-0.05, 0) is 30.5 Å². The van der Waals surface area contributed by atoms with Gasteiger partial charge < -0.3 is 19.9 Å². The molecule has 0 bridgehead atoms. The van der Waals surface area contributed by atoms with Gasteiger partial charge in [-0.25, -0.2) is 0 Å². The van der Waals surface area contributed by atoms with Crippen LogP contribution in [0.1, 0.15) is 32.3 Å². The molecule has 1 rings (SSSR count). The zero-order valence-corrected chi connectivity index (χ0v) is 12.3. The fourth-order valence-corrected chi connectivity index (χ4v) is 2.06. The Labute approximate surface area is 115 Å². The minimum absolute atomic E-state index is 0.146. The summed E-state index contributed by atoms with van der Waals surface area (Å²) in [5.41, 5.74) is 0.907. The van der Waals surface area contributed by atoms with E-state index in [2.05, 4.69) is 19.2 Å². The summed E-state index contributed by atoms with van der Waals surface area (Å²) in [6.45, 7) is 5.01. The Balaban J connectivity index is 2.77. The first-order valence-electron chi connectivity index (χ1n) is 6.71. The number of aliphatic hydroxyl groups excluding tert-OH is 1. The van der Waals surface area contributed by atoms with Gasteiger partial charge in [0.2, 0.25) is 0 Å². The van der Waals surface area contributed by atoms with Crippen molar-refractivity contribution in [3.63, 3.8) is 0 Å². The second kappa shape index (κ2) is 7.36. The van der Waals surface area contributed by atoms with Crippen LogP contribution in [-0.4, -0.2) is 31.5 Å². The lowest BCUT2D eigenvalue weighted by Crippen LogP contribution is -2.47. The molecule has 0 heterocycles. The maximum absolute atomic E-state index is 9.53. The van der Waals surface area contributed by atoms with Crippen molar-refractivity contribution in [3.05, 3.63) is 23.8 Å². The third-order valence-electron chi connectivity index (χ3n) is 3.77. The normalized spacial score (nSPS) is 11.4. The number of nitrogens with one attached hydrogen (secondary N) is 1. The molecule has 0 spiro atoms. The number of hydrogen-bond donors (Lipinski definition) is 2. The molecule has 0 aliphatic rings. The van der Waals surface area contributed by atoms with Gasteiger partial charge in [0.05, 0.1) is 20.8 Å². The van der Waals surface area contributed by atoms with Gasteiger partial charge in [-0.15, -0.1) is 0 Å². The minimum atomic E-state index is -0.201. The molecule has 0 atom stereocenters. The molecule has 0 aromatic heterocycles.